The average molecular weight is 342 g/mol. The molecule has 0 heterocycles. The molecule has 2 fully saturated rings. The molecule has 0 amide bonds. The predicted octanol–water partition coefficient (Wildman–Crippen LogP) is 3.58. The van der Waals surface area contributed by atoms with E-state index in [0.29, 0.717) is 11.3 Å². The fraction of sp³-hybridized carbons (Fsp3) is 0.600. The van der Waals surface area contributed by atoms with Gasteiger partial charge in [-0.25, -0.2) is 0 Å². The van der Waals surface area contributed by atoms with Gasteiger partial charge in [-0.15, -0.1) is 11.8 Å². The molecule has 0 bridgehead atoms. The lowest BCUT2D eigenvalue weighted by Gasteiger charge is -2.28. The number of aliphatic hydroxyl groups excluding tert-OH is 1. The molecule has 104 valence electrons. The van der Waals surface area contributed by atoms with Gasteiger partial charge >= 0.3 is 0 Å². The molecule has 1 aromatic rings. The number of halogens is 1. The quantitative estimate of drug-likeness (QED) is 0.858. The molecule has 2 aliphatic carbocycles. The van der Waals surface area contributed by atoms with Gasteiger partial charge in [-0.2, -0.15) is 0 Å². The van der Waals surface area contributed by atoms with Gasteiger partial charge in [0.2, 0.25) is 0 Å². The summed E-state index contributed by atoms with van der Waals surface area (Å²) >= 11 is 5.47. The number of thioether (sulfide) groups is 1. The molecule has 0 saturated heterocycles. The van der Waals surface area contributed by atoms with E-state index in [1.807, 2.05) is 11.8 Å². The third-order valence-electron chi connectivity index (χ3n) is 4.05. The maximum absolute atomic E-state index is 9.74. The molecule has 3 rings (SSSR count). The number of rotatable bonds is 5. The second-order valence-corrected chi connectivity index (χ2v) is 8.09. The van der Waals surface area contributed by atoms with Crippen LogP contribution in [0.2, 0.25) is 0 Å². The van der Waals surface area contributed by atoms with Crippen LogP contribution in [0.5, 0.6) is 0 Å². The van der Waals surface area contributed by atoms with E-state index in [-0.39, 0.29) is 12.1 Å². The Morgan fingerprint density at radius 2 is 2.21 bits per heavy atom. The first-order chi connectivity index (χ1) is 9.19. The zero-order valence-electron chi connectivity index (χ0n) is 10.9. The Morgan fingerprint density at radius 1 is 1.37 bits per heavy atom. The van der Waals surface area contributed by atoms with Gasteiger partial charge < -0.3 is 10.4 Å². The highest BCUT2D eigenvalue weighted by Gasteiger charge is 2.42. The summed E-state index contributed by atoms with van der Waals surface area (Å²) in [6.07, 6.45) is 5.94. The molecule has 0 spiro atoms. The Bertz CT molecular complexity index is 452. The summed E-state index contributed by atoms with van der Waals surface area (Å²) in [5, 5.41) is 14.0. The molecule has 2 atom stereocenters. The number of benzene rings is 1. The van der Waals surface area contributed by atoms with Crippen LogP contribution < -0.4 is 5.32 Å². The zero-order valence-corrected chi connectivity index (χ0v) is 13.3. The van der Waals surface area contributed by atoms with E-state index in [1.165, 1.54) is 24.2 Å². The summed E-state index contributed by atoms with van der Waals surface area (Å²) in [7, 11) is 0. The molecule has 0 radical (unpaired) electrons. The fourth-order valence-corrected chi connectivity index (χ4v) is 4.82. The van der Waals surface area contributed by atoms with E-state index < -0.39 is 0 Å². The number of aliphatic hydroxyl groups is 1. The van der Waals surface area contributed by atoms with Gasteiger partial charge in [0.15, 0.2) is 0 Å². The molecular weight excluding hydrogens is 322 g/mol. The molecule has 1 aromatic carbocycles. The van der Waals surface area contributed by atoms with Crippen LogP contribution in [0.1, 0.15) is 32.1 Å². The predicted molar refractivity (Wildman–Crippen MR) is 83.6 cm³/mol. The van der Waals surface area contributed by atoms with Crippen molar-refractivity contribution < 1.29 is 5.11 Å². The lowest BCUT2D eigenvalue weighted by molar-refractivity contribution is 0.163. The summed E-state index contributed by atoms with van der Waals surface area (Å²) in [5.41, 5.74) is -0.00908. The lowest BCUT2D eigenvalue weighted by Crippen LogP contribution is -2.47. The van der Waals surface area contributed by atoms with Gasteiger partial charge in [-0.1, -0.05) is 22.0 Å². The normalized spacial score (nSPS) is 30.7. The van der Waals surface area contributed by atoms with Crippen LogP contribution in [0.4, 0.5) is 0 Å². The minimum Gasteiger partial charge on any atom is -0.394 e. The highest BCUT2D eigenvalue weighted by Crippen LogP contribution is 2.41. The highest BCUT2D eigenvalue weighted by atomic mass is 79.9. The van der Waals surface area contributed by atoms with Crippen molar-refractivity contribution in [3.8, 4) is 0 Å². The molecule has 19 heavy (non-hydrogen) atoms. The second-order valence-electron chi connectivity index (χ2n) is 5.80. The Kier molecular flexibility index (Phi) is 4.22. The van der Waals surface area contributed by atoms with Crippen molar-refractivity contribution in [3.05, 3.63) is 28.7 Å². The Labute approximate surface area is 127 Å². The molecule has 0 aromatic heterocycles. The van der Waals surface area contributed by atoms with Crippen molar-refractivity contribution in [2.45, 2.75) is 53.8 Å². The van der Waals surface area contributed by atoms with E-state index >= 15 is 0 Å². The molecule has 2 nitrogen and oxygen atoms in total. The summed E-state index contributed by atoms with van der Waals surface area (Å²) in [4.78, 5) is 1.32. The maximum Gasteiger partial charge on any atom is 0.0613 e. The molecule has 0 aliphatic heterocycles. The van der Waals surface area contributed by atoms with Gasteiger partial charge in [-0.05, 0) is 50.3 Å². The first-order valence-corrected chi connectivity index (χ1v) is 8.67. The monoisotopic (exact) mass is 341 g/mol. The highest BCUT2D eigenvalue weighted by molar-refractivity contribution is 9.10. The SMILES string of the molecule is OCC1(NC2CC2)CCC(Sc2cccc(Br)c2)C1. The Balaban J connectivity index is 1.61. The van der Waals surface area contributed by atoms with E-state index in [1.54, 1.807) is 0 Å². The van der Waals surface area contributed by atoms with Crippen LogP contribution in [0.25, 0.3) is 0 Å². The third kappa shape index (κ3) is 3.54. The molecule has 2 saturated carbocycles. The minimum atomic E-state index is -0.00908. The van der Waals surface area contributed by atoms with Crippen molar-refractivity contribution >= 4 is 27.7 Å². The topological polar surface area (TPSA) is 32.3 Å². The molecule has 2 aliphatic rings. The van der Waals surface area contributed by atoms with Gasteiger partial charge in [0, 0.05) is 26.2 Å². The summed E-state index contributed by atoms with van der Waals surface area (Å²) in [6, 6.07) is 9.16. The fourth-order valence-electron chi connectivity index (χ4n) is 2.89. The molecule has 4 heteroatoms. The van der Waals surface area contributed by atoms with Crippen LogP contribution in [-0.2, 0) is 0 Å². The van der Waals surface area contributed by atoms with E-state index in [2.05, 4.69) is 45.5 Å². The second kappa shape index (κ2) is 5.76. The van der Waals surface area contributed by atoms with Gasteiger partial charge in [0.1, 0.15) is 0 Å². The van der Waals surface area contributed by atoms with Gasteiger partial charge in [0.05, 0.1) is 6.61 Å². The first-order valence-electron chi connectivity index (χ1n) is 7.00. The van der Waals surface area contributed by atoms with Crippen LogP contribution in [0.3, 0.4) is 0 Å². The Morgan fingerprint density at radius 3 is 2.89 bits per heavy atom. The van der Waals surface area contributed by atoms with Crippen molar-refractivity contribution in [2.24, 2.45) is 0 Å². The van der Waals surface area contributed by atoms with E-state index in [0.717, 1.165) is 17.3 Å². The van der Waals surface area contributed by atoms with Gasteiger partial charge in [0.25, 0.3) is 0 Å². The number of hydrogen-bond donors (Lipinski definition) is 2. The molecular formula is C15H20BrNOS. The lowest BCUT2D eigenvalue weighted by atomic mass is 9.99. The van der Waals surface area contributed by atoms with Crippen molar-refractivity contribution in [2.75, 3.05) is 6.61 Å². The smallest absolute Gasteiger partial charge is 0.0613 e. The van der Waals surface area contributed by atoms with E-state index in [4.69, 9.17) is 0 Å². The first kappa shape index (κ1) is 13.9. The van der Waals surface area contributed by atoms with Gasteiger partial charge in [-0.3, -0.25) is 0 Å². The zero-order chi connectivity index (χ0) is 13.3. The van der Waals surface area contributed by atoms with Crippen molar-refractivity contribution in [1.29, 1.82) is 0 Å². The van der Waals surface area contributed by atoms with E-state index in [9.17, 15) is 5.11 Å². The van der Waals surface area contributed by atoms with Crippen LogP contribution in [0, 0.1) is 0 Å². The van der Waals surface area contributed by atoms with Crippen LogP contribution in [-0.4, -0.2) is 28.5 Å². The summed E-state index contributed by atoms with van der Waals surface area (Å²) in [6.45, 7) is 0.277. The minimum absolute atomic E-state index is 0.00908. The van der Waals surface area contributed by atoms with Crippen molar-refractivity contribution in [3.63, 3.8) is 0 Å². The largest absolute Gasteiger partial charge is 0.394 e. The molecule has 2 N–H and O–H groups in total. The Hall–Kier alpha value is -0.0300. The average Bonchev–Trinajstić information content (AvgIpc) is 3.11. The summed E-state index contributed by atoms with van der Waals surface area (Å²) < 4.78 is 1.14. The standard InChI is InChI=1S/C15H20BrNOS/c16-11-2-1-3-13(8-11)19-14-6-7-15(9-14,10-18)17-12-4-5-12/h1-3,8,12,14,17-18H,4-7,9-10H2. The molecule has 2 unspecified atom stereocenters. The van der Waals surface area contributed by atoms with Crippen LogP contribution >= 0.6 is 27.7 Å². The maximum atomic E-state index is 9.74. The van der Waals surface area contributed by atoms with Crippen LogP contribution in [0.15, 0.2) is 33.6 Å². The summed E-state index contributed by atoms with van der Waals surface area (Å²) in [5.74, 6) is 0. The number of hydrogen-bond acceptors (Lipinski definition) is 3. The third-order valence-corrected chi connectivity index (χ3v) is 5.81. The van der Waals surface area contributed by atoms with Crippen molar-refractivity contribution in [1.82, 2.24) is 5.32 Å². The number of nitrogens with one attached hydrogen (secondary N) is 1.